The van der Waals surface area contributed by atoms with E-state index in [9.17, 15) is 8.78 Å². The molecule has 1 saturated heterocycles. The van der Waals surface area contributed by atoms with Gasteiger partial charge >= 0.3 is 0 Å². The number of hydrogen-bond acceptors (Lipinski definition) is 4. The quantitative estimate of drug-likeness (QED) is 0.478. The summed E-state index contributed by atoms with van der Waals surface area (Å²) in [6.45, 7) is 5.63. The standard InChI is InChI=1S/C24H26F2N4S2/c1-17(27-24(31)28-20-5-2-4-19(26)16-20)23(22-6-3-15-32-22)30-13-11-29(12-14-30)21-9-7-18(25)8-10-21/h2-10,15-17,23H,11-14H2,1H3,(H2,27,28,31)/t17-,23-/m0/s1. The van der Waals surface area contributed by atoms with E-state index in [4.69, 9.17) is 12.2 Å². The lowest BCUT2D eigenvalue weighted by atomic mass is 10.0. The first-order chi connectivity index (χ1) is 15.5. The number of thiocarbonyl (C=S) groups is 1. The van der Waals surface area contributed by atoms with Gasteiger partial charge in [0.15, 0.2) is 5.11 Å². The highest BCUT2D eigenvalue weighted by molar-refractivity contribution is 7.80. The van der Waals surface area contributed by atoms with E-state index in [1.165, 1.54) is 29.1 Å². The highest BCUT2D eigenvalue weighted by Gasteiger charge is 2.30. The van der Waals surface area contributed by atoms with Crippen LogP contribution in [0.25, 0.3) is 0 Å². The van der Waals surface area contributed by atoms with Crippen LogP contribution in [-0.2, 0) is 0 Å². The van der Waals surface area contributed by atoms with Crippen LogP contribution in [0.4, 0.5) is 20.2 Å². The summed E-state index contributed by atoms with van der Waals surface area (Å²) in [7, 11) is 0. The Hall–Kier alpha value is -2.55. The van der Waals surface area contributed by atoms with Gasteiger partial charge in [0.25, 0.3) is 0 Å². The summed E-state index contributed by atoms with van der Waals surface area (Å²) in [5, 5.41) is 9.02. The molecule has 4 rings (SSSR count). The molecule has 0 unspecified atom stereocenters. The zero-order valence-electron chi connectivity index (χ0n) is 17.8. The normalized spacial score (nSPS) is 16.4. The topological polar surface area (TPSA) is 30.5 Å². The third-order valence-corrected chi connectivity index (χ3v) is 6.81. The van der Waals surface area contributed by atoms with Crippen molar-refractivity contribution in [1.29, 1.82) is 0 Å². The molecular formula is C24H26F2N4S2. The Morgan fingerprint density at radius 3 is 2.38 bits per heavy atom. The Morgan fingerprint density at radius 2 is 1.72 bits per heavy atom. The second-order valence-corrected chi connectivity index (χ2v) is 9.24. The van der Waals surface area contributed by atoms with Gasteiger partial charge in [-0.15, -0.1) is 11.3 Å². The lowest BCUT2D eigenvalue weighted by molar-refractivity contribution is 0.163. The number of halogens is 2. The van der Waals surface area contributed by atoms with Gasteiger partial charge in [-0.25, -0.2) is 8.78 Å². The molecule has 3 aromatic rings. The first-order valence-corrected chi connectivity index (χ1v) is 11.9. The van der Waals surface area contributed by atoms with Gasteiger partial charge in [0.2, 0.25) is 0 Å². The molecular weight excluding hydrogens is 446 g/mol. The fourth-order valence-corrected chi connectivity index (χ4v) is 5.40. The maximum atomic E-state index is 13.5. The van der Waals surface area contributed by atoms with Crippen LogP contribution in [0.1, 0.15) is 17.8 Å². The number of thiophene rings is 1. The van der Waals surface area contributed by atoms with Gasteiger partial charge < -0.3 is 15.5 Å². The van der Waals surface area contributed by atoms with Crippen molar-refractivity contribution < 1.29 is 8.78 Å². The van der Waals surface area contributed by atoms with Crippen molar-refractivity contribution in [2.24, 2.45) is 0 Å². The van der Waals surface area contributed by atoms with Crippen LogP contribution >= 0.6 is 23.6 Å². The first-order valence-electron chi connectivity index (χ1n) is 10.6. The number of piperazine rings is 1. The second kappa shape index (κ2) is 10.4. The van der Waals surface area contributed by atoms with Crippen LogP contribution in [0.5, 0.6) is 0 Å². The Bertz CT molecular complexity index is 1020. The molecule has 4 nitrogen and oxygen atoms in total. The van der Waals surface area contributed by atoms with Gasteiger partial charge in [-0.3, -0.25) is 4.90 Å². The van der Waals surface area contributed by atoms with E-state index >= 15 is 0 Å². The second-order valence-electron chi connectivity index (χ2n) is 7.86. The predicted molar refractivity (Wildman–Crippen MR) is 132 cm³/mol. The van der Waals surface area contributed by atoms with Crippen LogP contribution in [0.3, 0.4) is 0 Å². The Kier molecular flexibility index (Phi) is 7.34. The zero-order valence-corrected chi connectivity index (χ0v) is 19.4. The molecule has 8 heteroatoms. The lowest BCUT2D eigenvalue weighted by Gasteiger charge is -2.42. The largest absolute Gasteiger partial charge is 0.369 e. The van der Waals surface area contributed by atoms with Crippen molar-refractivity contribution in [3.05, 3.63) is 82.6 Å². The molecule has 0 bridgehead atoms. The molecule has 1 aliphatic rings. The average Bonchev–Trinajstić information content (AvgIpc) is 3.29. The maximum absolute atomic E-state index is 13.5. The number of anilines is 2. The molecule has 2 heterocycles. The van der Waals surface area contributed by atoms with Crippen molar-refractivity contribution >= 4 is 40.0 Å². The number of nitrogens with zero attached hydrogens (tertiary/aromatic N) is 2. The van der Waals surface area contributed by atoms with Crippen molar-refractivity contribution in [1.82, 2.24) is 10.2 Å². The summed E-state index contributed by atoms with van der Waals surface area (Å²) < 4.78 is 26.7. The van der Waals surface area contributed by atoms with E-state index in [1.807, 2.05) is 12.1 Å². The van der Waals surface area contributed by atoms with Crippen molar-refractivity contribution in [3.63, 3.8) is 0 Å². The van der Waals surface area contributed by atoms with Crippen LogP contribution in [0, 0.1) is 11.6 Å². The van der Waals surface area contributed by atoms with Crippen LogP contribution in [0.15, 0.2) is 66.0 Å². The minimum absolute atomic E-state index is 0.0413. The van der Waals surface area contributed by atoms with Gasteiger partial charge in [-0.1, -0.05) is 12.1 Å². The molecule has 2 atom stereocenters. The minimum atomic E-state index is -0.304. The van der Waals surface area contributed by atoms with Crippen molar-refractivity contribution in [2.45, 2.75) is 19.0 Å². The van der Waals surface area contributed by atoms with Crippen LogP contribution < -0.4 is 15.5 Å². The summed E-state index contributed by atoms with van der Waals surface area (Å²) >= 11 is 7.23. The Balaban J connectivity index is 1.41. The Morgan fingerprint density at radius 1 is 0.969 bits per heavy atom. The summed E-state index contributed by atoms with van der Waals surface area (Å²) in [6.07, 6.45) is 0. The van der Waals surface area contributed by atoms with Crippen LogP contribution in [-0.4, -0.2) is 42.2 Å². The van der Waals surface area contributed by atoms with E-state index in [0.29, 0.717) is 10.8 Å². The maximum Gasteiger partial charge on any atom is 0.171 e. The van der Waals surface area contributed by atoms with Gasteiger partial charge in [0.1, 0.15) is 11.6 Å². The molecule has 1 fully saturated rings. The van der Waals surface area contributed by atoms with Gasteiger partial charge in [0.05, 0.1) is 6.04 Å². The highest BCUT2D eigenvalue weighted by atomic mass is 32.1. The third kappa shape index (κ3) is 5.62. The molecule has 0 aliphatic carbocycles. The van der Waals surface area contributed by atoms with Crippen LogP contribution in [0.2, 0.25) is 0 Å². The number of hydrogen-bond donors (Lipinski definition) is 2. The SMILES string of the molecule is C[C@H](NC(=S)Nc1cccc(F)c1)[C@@H](c1cccs1)N1CCN(c2ccc(F)cc2)CC1. The van der Waals surface area contributed by atoms with E-state index in [2.05, 4.69) is 44.9 Å². The zero-order chi connectivity index (χ0) is 22.5. The van der Waals surface area contributed by atoms with Crippen molar-refractivity contribution in [3.8, 4) is 0 Å². The number of rotatable bonds is 6. The monoisotopic (exact) mass is 472 g/mol. The summed E-state index contributed by atoms with van der Waals surface area (Å²) in [5.41, 5.74) is 1.67. The van der Waals surface area contributed by atoms with Gasteiger partial charge in [-0.2, -0.15) is 0 Å². The fraction of sp³-hybridized carbons (Fsp3) is 0.292. The molecule has 168 valence electrons. The predicted octanol–water partition coefficient (Wildman–Crippen LogP) is 5.26. The smallest absolute Gasteiger partial charge is 0.171 e. The van der Waals surface area contributed by atoms with E-state index < -0.39 is 0 Å². The molecule has 1 aliphatic heterocycles. The first kappa shape index (κ1) is 22.6. The summed E-state index contributed by atoms with van der Waals surface area (Å²) in [5.74, 6) is -0.519. The fourth-order valence-electron chi connectivity index (χ4n) is 4.13. The minimum Gasteiger partial charge on any atom is -0.369 e. The molecule has 0 spiro atoms. The molecule has 0 saturated carbocycles. The molecule has 1 aromatic heterocycles. The molecule has 32 heavy (non-hydrogen) atoms. The lowest BCUT2D eigenvalue weighted by Crippen LogP contribution is -2.52. The van der Waals surface area contributed by atoms with Crippen molar-refractivity contribution in [2.75, 3.05) is 36.4 Å². The van der Waals surface area contributed by atoms with Gasteiger partial charge in [0, 0.05) is 48.5 Å². The summed E-state index contributed by atoms with van der Waals surface area (Å²) in [4.78, 5) is 6.03. The third-order valence-electron chi connectivity index (χ3n) is 5.65. The molecule has 2 aromatic carbocycles. The van der Waals surface area contributed by atoms with E-state index in [0.717, 1.165) is 31.9 Å². The number of benzene rings is 2. The summed E-state index contributed by atoms with van der Waals surface area (Å²) in [6, 6.07) is 17.4. The van der Waals surface area contributed by atoms with E-state index in [-0.39, 0.29) is 23.7 Å². The number of nitrogens with one attached hydrogen (secondary N) is 2. The Labute approximate surface area is 196 Å². The molecule has 2 N–H and O–H groups in total. The highest BCUT2D eigenvalue weighted by Crippen LogP contribution is 2.30. The average molecular weight is 473 g/mol. The van der Waals surface area contributed by atoms with Gasteiger partial charge in [-0.05, 0) is 73.1 Å². The molecule has 0 amide bonds. The van der Waals surface area contributed by atoms with E-state index in [1.54, 1.807) is 23.5 Å². The molecule has 0 radical (unpaired) electrons.